The van der Waals surface area contributed by atoms with E-state index in [4.69, 9.17) is 0 Å². The summed E-state index contributed by atoms with van der Waals surface area (Å²) < 4.78 is 5.66. The summed E-state index contributed by atoms with van der Waals surface area (Å²) in [6.45, 7) is 3.07. The number of hydrogen-bond acceptors (Lipinski definition) is 6. The zero-order valence-corrected chi connectivity index (χ0v) is 10.1. The first kappa shape index (κ1) is 11.2. The van der Waals surface area contributed by atoms with Gasteiger partial charge in [-0.15, -0.1) is 10.2 Å². The van der Waals surface area contributed by atoms with Crippen LogP contribution in [0.25, 0.3) is 0 Å². The van der Waals surface area contributed by atoms with E-state index in [0.717, 1.165) is 23.5 Å². The summed E-state index contributed by atoms with van der Waals surface area (Å²) in [5, 5.41) is 15.2. The highest BCUT2D eigenvalue weighted by atomic mass is 32.1. The fourth-order valence-electron chi connectivity index (χ4n) is 1.50. The molecule has 0 bridgehead atoms. The maximum atomic E-state index is 3.95. The summed E-state index contributed by atoms with van der Waals surface area (Å²) >= 11 is 1.40. The second kappa shape index (κ2) is 5.13. The van der Waals surface area contributed by atoms with Crippen molar-refractivity contribution in [1.82, 2.24) is 29.9 Å². The molecule has 2 heterocycles. The Bertz CT molecular complexity index is 423. The quantitative estimate of drug-likeness (QED) is 0.832. The van der Waals surface area contributed by atoms with E-state index in [1.54, 1.807) is 17.1 Å². The maximum Gasteiger partial charge on any atom is 0.0890 e. The molecule has 0 spiro atoms. The lowest BCUT2D eigenvalue weighted by Crippen LogP contribution is -2.24. The first-order valence-corrected chi connectivity index (χ1v) is 5.95. The highest BCUT2D eigenvalue weighted by Crippen LogP contribution is 2.22. The van der Waals surface area contributed by atoms with Crippen molar-refractivity contribution in [2.24, 2.45) is 7.05 Å². The van der Waals surface area contributed by atoms with Gasteiger partial charge < -0.3 is 5.32 Å². The molecule has 0 saturated carbocycles. The summed E-state index contributed by atoms with van der Waals surface area (Å²) in [6.07, 6.45) is 4.63. The second-order valence-electron chi connectivity index (χ2n) is 3.49. The smallest absolute Gasteiger partial charge is 0.0890 e. The number of nitrogens with zero attached hydrogens (tertiary/aromatic N) is 5. The van der Waals surface area contributed by atoms with Crippen LogP contribution in [0.4, 0.5) is 0 Å². The molecule has 1 atom stereocenters. The summed E-state index contributed by atoms with van der Waals surface area (Å²) in [6, 6.07) is 0.0833. The van der Waals surface area contributed by atoms with Gasteiger partial charge in [0.1, 0.15) is 0 Å². The van der Waals surface area contributed by atoms with Crippen LogP contribution in [0.5, 0.6) is 0 Å². The van der Waals surface area contributed by atoms with Crippen LogP contribution in [0, 0.1) is 0 Å². The minimum absolute atomic E-state index is 0.0833. The lowest BCUT2D eigenvalue weighted by Gasteiger charge is -2.15. The van der Waals surface area contributed by atoms with Crippen LogP contribution in [0.1, 0.15) is 30.0 Å². The summed E-state index contributed by atoms with van der Waals surface area (Å²) in [5.74, 6) is 0. The number of rotatable bonds is 5. The Kier molecular flexibility index (Phi) is 3.58. The average Bonchev–Trinajstić information content (AvgIpc) is 2.91. The lowest BCUT2D eigenvalue weighted by molar-refractivity contribution is 0.556. The molecule has 0 aliphatic rings. The van der Waals surface area contributed by atoms with Crippen molar-refractivity contribution >= 4 is 11.5 Å². The van der Waals surface area contributed by atoms with E-state index in [2.05, 4.69) is 32.1 Å². The zero-order valence-electron chi connectivity index (χ0n) is 9.29. The van der Waals surface area contributed by atoms with Crippen molar-refractivity contribution in [3.8, 4) is 0 Å². The Morgan fingerprint density at radius 2 is 2.31 bits per heavy atom. The van der Waals surface area contributed by atoms with Gasteiger partial charge in [0, 0.05) is 7.05 Å². The van der Waals surface area contributed by atoms with Gasteiger partial charge in [0.2, 0.25) is 0 Å². The van der Waals surface area contributed by atoms with Crippen LogP contribution in [0.15, 0.2) is 12.4 Å². The Balaban J connectivity index is 2.25. The molecule has 0 radical (unpaired) electrons. The molecule has 6 nitrogen and oxygen atoms in total. The van der Waals surface area contributed by atoms with E-state index in [1.165, 1.54) is 11.5 Å². The molecule has 0 amide bonds. The van der Waals surface area contributed by atoms with Gasteiger partial charge in [-0.05, 0) is 24.5 Å². The molecular formula is C9H14N6S. The standard InChI is InChI=1S/C9H14N6S/c1-3-4-10-9(8-6-12-14-16-8)7-5-11-13-15(7)2/h5-6,9-10H,3-4H2,1-2H3. The lowest BCUT2D eigenvalue weighted by atomic mass is 10.2. The normalized spacial score (nSPS) is 12.9. The van der Waals surface area contributed by atoms with Crippen LogP contribution in [0.3, 0.4) is 0 Å². The Morgan fingerprint density at radius 1 is 1.44 bits per heavy atom. The first-order valence-electron chi connectivity index (χ1n) is 5.18. The van der Waals surface area contributed by atoms with E-state index in [9.17, 15) is 0 Å². The van der Waals surface area contributed by atoms with Crippen LogP contribution in [-0.4, -0.2) is 31.1 Å². The van der Waals surface area contributed by atoms with Gasteiger partial charge in [-0.2, -0.15) is 0 Å². The molecule has 0 aliphatic heterocycles. The van der Waals surface area contributed by atoms with E-state index >= 15 is 0 Å². The molecule has 7 heteroatoms. The molecule has 1 N–H and O–H groups in total. The zero-order chi connectivity index (χ0) is 11.4. The molecule has 2 aromatic heterocycles. The molecule has 1 unspecified atom stereocenters. The average molecular weight is 238 g/mol. The fourth-order valence-corrected chi connectivity index (χ4v) is 2.09. The SMILES string of the molecule is CCCNC(c1cnns1)c1cnnn1C. The predicted molar refractivity (Wildman–Crippen MR) is 61.0 cm³/mol. The van der Waals surface area contributed by atoms with Crippen molar-refractivity contribution < 1.29 is 0 Å². The van der Waals surface area contributed by atoms with Crippen molar-refractivity contribution in [3.05, 3.63) is 23.0 Å². The van der Waals surface area contributed by atoms with E-state index < -0.39 is 0 Å². The Morgan fingerprint density at radius 3 is 2.88 bits per heavy atom. The van der Waals surface area contributed by atoms with Crippen LogP contribution >= 0.6 is 11.5 Å². The molecule has 2 rings (SSSR count). The van der Waals surface area contributed by atoms with Gasteiger partial charge >= 0.3 is 0 Å². The van der Waals surface area contributed by atoms with Crippen molar-refractivity contribution in [2.45, 2.75) is 19.4 Å². The largest absolute Gasteiger partial charge is 0.304 e. The number of nitrogens with one attached hydrogen (secondary N) is 1. The molecule has 0 aliphatic carbocycles. The predicted octanol–water partition coefficient (Wildman–Crippen LogP) is 0.756. The van der Waals surface area contributed by atoms with Crippen LogP contribution in [-0.2, 0) is 7.05 Å². The van der Waals surface area contributed by atoms with E-state index in [1.807, 2.05) is 7.05 Å². The van der Waals surface area contributed by atoms with Crippen LogP contribution < -0.4 is 5.32 Å². The minimum Gasteiger partial charge on any atom is -0.304 e. The maximum absolute atomic E-state index is 3.95. The highest BCUT2D eigenvalue weighted by molar-refractivity contribution is 7.05. The molecule has 0 saturated heterocycles. The Labute approximate surface area is 97.8 Å². The van der Waals surface area contributed by atoms with Crippen molar-refractivity contribution in [1.29, 1.82) is 0 Å². The second-order valence-corrected chi connectivity index (χ2v) is 4.31. The Hall–Kier alpha value is -1.34. The molecule has 0 fully saturated rings. The number of hydrogen-bond donors (Lipinski definition) is 1. The highest BCUT2D eigenvalue weighted by Gasteiger charge is 2.19. The van der Waals surface area contributed by atoms with Gasteiger partial charge in [-0.25, -0.2) is 0 Å². The molecule has 0 aromatic carbocycles. The third-order valence-corrected chi connectivity index (χ3v) is 3.03. The van der Waals surface area contributed by atoms with Gasteiger partial charge in [-0.1, -0.05) is 16.6 Å². The molecular weight excluding hydrogens is 224 g/mol. The summed E-state index contributed by atoms with van der Waals surface area (Å²) in [7, 11) is 1.89. The molecule has 86 valence electrons. The van der Waals surface area contributed by atoms with Gasteiger partial charge in [0.25, 0.3) is 0 Å². The first-order chi connectivity index (χ1) is 7.83. The number of aromatic nitrogens is 5. The molecule has 16 heavy (non-hydrogen) atoms. The molecule has 2 aromatic rings. The summed E-state index contributed by atoms with van der Waals surface area (Å²) in [5.41, 5.74) is 1.03. The van der Waals surface area contributed by atoms with Gasteiger partial charge in [0.15, 0.2) is 0 Å². The third kappa shape index (κ3) is 2.25. The third-order valence-electron chi connectivity index (χ3n) is 2.31. The van der Waals surface area contributed by atoms with Gasteiger partial charge in [0.05, 0.1) is 29.0 Å². The topological polar surface area (TPSA) is 68.5 Å². The monoisotopic (exact) mass is 238 g/mol. The van der Waals surface area contributed by atoms with E-state index in [0.29, 0.717) is 0 Å². The van der Waals surface area contributed by atoms with Crippen molar-refractivity contribution in [3.63, 3.8) is 0 Å². The summed E-state index contributed by atoms with van der Waals surface area (Å²) in [4.78, 5) is 1.08. The van der Waals surface area contributed by atoms with E-state index in [-0.39, 0.29) is 6.04 Å². The van der Waals surface area contributed by atoms with Gasteiger partial charge in [-0.3, -0.25) is 4.68 Å². The number of aryl methyl sites for hydroxylation is 1. The van der Waals surface area contributed by atoms with Crippen LogP contribution in [0.2, 0.25) is 0 Å². The fraction of sp³-hybridized carbons (Fsp3) is 0.556. The van der Waals surface area contributed by atoms with Crippen molar-refractivity contribution in [2.75, 3.05) is 6.54 Å². The minimum atomic E-state index is 0.0833.